The molecule has 0 unspecified atom stereocenters. The predicted octanol–water partition coefficient (Wildman–Crippen LogP) is 4.02. The van der Waals surface area contributed by atoms with Gasteiger partial charge in [0, 0.05) is 5.54 Å². The summed E-state index contributed by atoms with van der Waals surface area (Å²) in [5, 5.41) is 1.34. The van der Waals surface area contributed by atoms with Gasteiger partial charge in [-0.1, -0.05) is 72.9 Å². The molecule has 0 saturated carbocycles. The van der Waals surface area contributed by atoms with Crippen molar-refractivity contribution in [3.05, 3.63) is 78.9 Å². The van der Waals surface area contributed by atoms with Crippen LogP contribution >= 0.6 is 0 Å². The molecular weight excluding hydrogens is 288 g/mol. The average Bonchev–Trinajstić information content (AvgIpc) is 2.56. The number of ether oxygens (including phenoxy) is 1. The summed E-state index contributed by atoms with van der Waals surface area (Å²) in [6, 6.07) is 19.5. The molecule has 0 saturated heterocycles. The van der Waals surface area contributed by atoms with Crippen LogP contribution in [0, 0.1) is 0 Å². The highest BCUT2D eigenvalue weighted by Crippen LogP contribution is 2.24. The lowest BCUT2D eigenvalue weighted by molar-refractivity contribution is 0.0510. The van der Waals surface area contributed by atoms with Crippen LogP contribution in [0.1, 0.15) is 10.4 Å². The molecule has 22 heavy (non-hydrogen) atoms. The van der Waals surface area contributed by atoms with Crippen LogP contribution in [0.25, 0.3) is 0 Å². The minimum atomic E-state index is -1.77. The zero-order chi connectivity index (χ0) is 16.0. The minimum Gasteiger partial charge on any atom is -0.462 e. The number of rotatable bonds is 6. The van der Waals surface area contributed by atoms with Crippen LogP contribution in [0.4, 0.5) is 0 Å². The lowest BCUT2D eigenvalue weighted by atomic mass is 10.2. The summed E-state index contributed by atoms with van der Waals surface area (Å²) in [6.45, 7) is 8.89. The van der Waals surface area contributed by atoms with Gasteiger partial charge in [0.2, 0.25) is 0 Å². The van der Waals surface area contributed by atoms with E-state index in [9.17, 15) is 4.79 Å². The SMILES string of the molecule is C=C[C@@H](COC(=O)c1ccccc1)[Si](C)(C)c1ccccc1. The Morgan fingerprint density at radius 3 is 2.18 bits per heavy atom. The Bertz CT molecular complexity index is 620. The first kappa shape index (κ1) is 16.2. The van der Waals surface area contributed by atoms with Gasteiger partial charge < -0.3 is 4.74 Å². The molecule has 0 bridgehead atoms. The second-order valence-electron chi connectivity index (χ2n) is 5.89. The Balaban J connectivity index is 2.06. The monoisotopic (exact) mass is 310 g/mol. The van der Waals surface area contributed by atoms with Crippen molar-refractivity contribution in [1.29, 1.82) is 0 Å². The molecular formula is C19H22O2Si. The summed E-state index contributed by atoms with van der Waals surface area (Å²) in [7, 11) is -1.77. The van der Waals surface area contributed by atoms with Crippen molar-refractivity contribution in [2.24, 2.45) is 0 Å². The van der Waals surface area contributed by atoms with Crippen molar-refractivity contribution in [1.82, 2.24) is 0 Å². The van der Waals surface area contributed by atoms with Crippen LogP contribution < -0.4 is 5.19 Å². The van der Waals surface area contributed by atoms with E-state index >= 15 is 0 Å². The normalized spacial score (nSPS) is 12.5. The largest absolute Gasteiger partial charge is 0.462 e. The van der Waals surface area contributed by atoms with E-state index in [1.807, 2.05) is 30.3 Å². The van der Waals surface area contributed by atoms with Crippen LogP contribution in [-0.2, 0) is 4.74 Å². The van der Waals surface area contributed by atoms with Crippen LogP contribution in [0.5, 0.6) is 0 Å². The van der Waals surface area contributed by atoms with Gasteiger partial charge in [-0.2, -0.15) is 0 Å². The molecule has 0 aliphatic carbocycles. The van der Waals surface area contributed by atoms with Gasteiger partial charge >= 0.3 is 5.97 Å². The molecule has 0 amide bonds. The van der Waals surface area contributed by atoms with E-state index < -0.39 is 8.07 Å². The molecule has 2 rings (SSSR count). The molecule has 0 spiro atoms. The summed E-state index contributed by atoms with van der Waals surface area (Å²) >= 11 is 0. The summed E-state index contributed by atoms with van der Waals surface area (Å²) in [4.78, 5) is 12.1. The summed E-state index contributed by atoms with van der Waals surface area (Å²) in [5.41, 5.74) is 0.770. The van der Waals surface area contributed by atoms with E-state index in [2.05, 4.69) is 43.9 Å². The van der Waals surface area contributed by atoms with Crippen LogP contribution in [0.15, 0.2) is 73.3 Å². The van der Waals surface area contributed by atoms with Crippen molar-refractivity contribution in [2.45, 2.75) is 18.6 Å². The topological polar surface area (TPSA) is 26.3 Å². The van der Waals surface area contributed by atoms with Crippen molar-refractivity contribution >= 4 is 19.2 Å². The first-order valence-electron chi connectivity index (χ1n) is 7.46. The highest BCUT2D eigenvalue weighted by atomic mass is 28.3. The second kappa shape index (κ2) is 7.23. The Hall–Kier alpha value is -2.13. The maximum absolute atomic E-state index is 12.1. The molecule has 0 aliphatic rings. The van der Waals surface area contributed by atoms with E-state index in [0.29, 0.717) is 12.2 Å². The van der Waals surface area contributed by atoms with Crippen LogP contribution in [0.2, 0.25) is 18.6 Å². The molecule has 3 heteroatoms. The van der Waals surface area contributed by atoms with Gasteiger partial charge in [0.25, 0.3) is 0 Å². The van der Waals surface area contributed by atoms with Crippen LogP contribution in [0.3, 0.4) is 0 Å². The minimum absolute atomic E-state index is 0.183. The zero-order valence-electron chi connectivity index (χ0n) is 13.2. The van der Waals surface area contributed by atoms with Gasteiger partial charge in [-0.05, 0) is 12.1 Å². The summed E-state index contributed by atoms with van der Waals surface area (Å²) < 4.78 is 5.51. The quantitative estimate of drug-likeness (QED) is 0.458. The molecule has 2 nitrogen and oxygen atoms in total. The number of hydrogen-bond donors (Lipinski definition) is 0. The first-order chi connectivity index (χ1) is 10.6. The van der Waals surface area contributed by atoms with Crippen molar-refractivity contribution in [2.75, 3.05) is 6.61 Å². The Morgan fingerprint density at radius 1 is 1.09 bits per heavy atom. The van der Waals surface area contributed by atoms with Gasteiger partial charge in [0.15, 0.2) is 0 Å². The van der Waals surface area contributed by atoms with Crippen LogP contribution in [-0.4, -0.2) is 20.7 Å². The van der Waals surface area contributed by atoms with E-state index in [1.54, 1.807) is 12.1 Å². The summed E-state index contributed by atoms with van der Waals surface area (Å²) in [5.74, 6) is -0.273. The maximum atomic E-state index is 12.1. The zero-order valence-corrected chi connectivity index (χ0v) is 14.2. The fraction of sp³-hybridized carbons (Fsp3) is 0.211. The van der Waals surface area contributed by atoms with Gasteiger partial charge in [0.1, 0.15) is 0 Å². The van der Waals surface area contributed by atoms with Gasteiger partial charge in [-0.3, -0.25) is 0 Å². The van der Waals surface area contributed by atoms with Gasteiger partial charge in [0.05, 0.1) is 20.2 Å². The first-order valence-corrected chi connectivity index (χ1v) is 10.5. The van der Waals surface area contributed by atoms with E-state index in [1.165, 1.54) is 5.19 Å². The second-order valence-corrected chi connectivity index (χ2v) is 10.7. The van der Waals surface area contributed by atoms with Gasteiger partial charge in [-0.25, -0.2) is 4.79 Å². The fourth-order valence-corrected chi connectivity index (χ4v) is 5.04. The Morgan fingerprint density at radius 2 is 1.64 bits per heavy atom. The molecule has 2 aromatic carbocycles. The highest BCUT2D eigenvalue weighted by molar-refractivity contribution is 6.91. The molecule has 0 heterocycles. The third kappa shape index (κ3) is 3.74. The van der Waals surface area contributed by atoms with E-state index in [4.69, 9.17) is 4.74 Å². The predicted molar refractivity (Wildman–Crippen MR) is 94.2 cm³/mol. The molecule has 0 aromatic heterocycles. The standard InChI is InChI=1S/C19H22O2Si/c1-4-17(22(2,3)18-13-9-6-10-14-18)15-21-19(20)16-11-7-5-8-12-16/h4-14,17H,1,15H2,2-3H3/t17-/m0/s1. The molecule has 114 valence electrons. The van der Waals surface area contributed by atoms with E-state index in [0.717, 1.165) is 0 Å². The third-order valence-corrected chi connectivity index (χ3v) is 8.21. The molecule has 0 radical (unpaired) electrons. The highest BCUT2D eigenvalue weighted by Gasteiger charge is 2.32. The number of benzene rings is 2. The third-order valence-electron chi connectivity index (χ3n) is 4.13. The van der Waals surface area contributed by atoms with Crippen molar-refractivity contribution in [3.63, 3.8) is 0 Å². The number of carbonyl (C=O) groups excluding carboxylic acids is 1. The van der Waals surface area contributed by atoms with Crippen molar-refractivity contribution < 1.29 is 9.53 Å². The lowest BCUT2D eigenvalue weighted by Gasteiger charge is -2.30. The molecule has 1 atom stereocenters. The average molecular weight is 310 g/mol. The summed E-state index contributed by atoms with van der Waals surface area (Å²) in [6.07, 6.45) is 1.93. The number of carbonyl (C=O) groups is 1. The molecule has 0 N–H and O–H groups in total. The number of esters is 1. The maximum Gasteiger partial charge on any atom is 0.338 e. The van der Waals surface area contributed by atoms with Crippen molar-refractivity contribution in [3.8, 4) is 0 Å². The molecule has 0 aliphatic heterocycles. The molecule has 0 fully saturated rings. The fourth-order valence-electron chi connectivity index (χ4n) is 2.48. The smallest absolute Gasteiger partial charge is 0.338 e. The Kier molecular flexibility index (Phi) is 5.34. The number of hydrogen-bond acceptors (Lipinski definition) is 2. The lowest BCUT2D eigenvalue weighted by Crippen LogP contribution is -2.47. The Labute approximate surface area is 133 Å². The molecule has 2 aromatic rings. The van der Waals surface area contributed by atoms with E-state index in [-0.39, 0.29) is 11.5 Å². The van der Waals surface area contributed by atoms with Gasteiger partial charge in [-0.15, -0.1) is 6.58 Å².